The Kier molecular flexibility index (Phi) is 4.69. The maximum Gasteiger partial charge on any atom is 0.305 e. The predicted octanol–water partition coefficient (Wildman–Crippen LogP) is 1.98. The van der Waals surface area contributed by atoms with Crippen molar-refractivity contribution in [1.29, 1.82) is 0 Å². The molecule has 0 radical (unpaired) electrons. The molecule has 2 heterocycles. The average Bonchev–Trinajstić information content (AvgIpc) is 3.03. The van der Waals surface area contributed by atoms with E-state index >= 15 is 0 Å². The number of amides is 1. The minimum Gasteiger partial charge on any atom is -0.481 e. The van der Waals surface area contributed by atoms with Gasteiger partial charge in [-0.2, -0.15) is 4.98 Å². The molecule has 0 saturated carbocycles. The van der Waals surface area contributed by atoms with Gasteiger partial charge in [-0.25, -0.2) is 0 Å². The Labute approximate surface area is 139 Å². The highest BCUT2D eigenvalue weighted by Gasteiger charge is 2.29. The highest BCUT2D eigenvalue weighted by molar-refractivity contribution is 5.79. The van der Waals surface area contributed by atoms with Crippen molar-refractivity contribution in [3.05, 3.63) is 24.3 Å². The number of oxazole rings is 1. The summed E-state index contributed by atoms with van der Waals surface area (Å²) >= 11 is 0. The number of carboxylic acid groups (broad SMARTS) is 1. The number of aromatic nitrogens is 1. The number of fused-ring (bicyclic) bond motifs is 1. The van der Waals surface area contributed by atoms with E-state index in [4.69, 9.17) is 9.52 Å². The highest BCUT2D eigenvalue weighted by atomic mass is 16.4. The molecule has 0 atom stereocenters. The van der Waals surface area contributed by atoms with E-state index in [1.165, 1.54) is 4.90 Å². The van der Waals surface area contributed by atoms with Crippen molar-refractivity contribution in [2.75, 3.05) is 31.6 Å². The summed E-state index contributed by atoms with van der Waals surface area (Å²) in [6, 6.07) is 8.23. The van der Waals surface area contributed by atoms with Crippen LogP contribution in [-0.4, -0.2) is 53.5 Å². The second-order valence-electron chi connectivity index (χ2n) is 6.13. The third-order valence-corrected chi connectivity index (χ3v) is 4.43. The fraction of sp³-hybridized carbons (Fsp3) is 0.471. The molecule has 1 saturated heterocycles. The number of carboxylic acids is 1. The summed E-state index contributed by atoms with van der Waals surface area (Å²) in [5, 5.41) is 8.71. The number of hydrogen-bond acceptors (Lipinski definition) is 5. The normalized spacial score (nSPS) is 15.6. The maximum absolute atomic E-state index is 12.4. The number of hydrogen-bond donors (Lipinski definition) is 1. The number of piperidine rings is 1. The van der Waals surface area contributed by atoms with Crippen molar-refractivity contribution in [3.63, 3.8) is 0 Å². The number of carbonyl (C=O) groups excluding carboxylic acids is 1. The van der Waals surface area contributed by atoms with Crippen molar-refractivity contribution in [1.82, 2.24) is 9.88 Å². The van der Waals surface area contributed by atoms with Crippen LogP contribution in [0.25, 0.3) is 11.1 Å². The average molecular weight is 331 g/mol. The van der Waals surface area contributed by atoms with Crippen LogP contribution in [0.15, 0.2) is 28.7 Å². The van der Waals surface area contributed by atoms with Gasteiger partial charge in [-0.3, -0.25) is 9.59 Å². The number of benzene rings is 1. The van der Waals surface area contributed by atoms with Crippen molar-refractivity contribution >= 4 is 29.0 Å². The van der Waals surface area contributed by atoms with Crippen molar-refractivity contribution < 1.29 is 19.1 Å². The largest absolute Gasteiger partial charge is 0.481 e. The van der Waals surface area contributed by atoms with Crippen LogP contribution in [0.4, 0.5) is 6.01 Å². The molecule has 7 nitrogen and oxygen atoms in total. The lowest BCUT2D eigenvalue weighted by molar-refractivity contribution is -0.139. The molecule has 3 rings (SSSR count). The summed E-state index contributed by atoms with van der Waals surface area (Å²) in [5.41, 5.74) is 1.60. The Hall–Kier alpha value is -2.57. The summed E-state index contributed by atoms with van der Waals surface area (Å²) in [6.07, 6.45) is 1.41. The summed E-state index contributed by atoms with van der Waals surface area (Å²) in [4.78, 5) is 31.1. The molecule has 1 aromatic carbocycles. The van der Waals surface area contributed by atoms with Crippen LogP contribution < -0.4 is 4.90 Å². The molecule has 1 amide bonds. The molecule has 7 heteroatoms. The van der Waals surface area contributed by atoms with Crippen LogP contribution in [0.1, 0.15) is 19.3 Å². The summed E-state index contributed by atoms with van der Waals surface area (Å²) in [7, 11) is 1.67. The Bertz CT molecular complexity index is 701. The zero-order chi connectivity index (χ0) is 17.1. The third-order valence-electron chi connectivity index (χ3n) is 4.43. The monoisotopic (exact) mass is 331 g/mol. The Morgan fingerprint density at radius 2 is 2.04 bits per heavy atom. The number of anilines is 1. The third kappa shape index (κ3) is 3.50. The van der Waals surface area contributed by atoms with Crippen LogP contribution in [-0.2, 0) is 9.59 Å². The number of carbonyl (C=O) groups is 2. The van der Waals surface area contributed by atoms with E-state index in [-0.39, 0.29) is 24.8 Å². The van der Waals surface area contributed by atoms with E-state index in [0.29, 0.717) is 19.1 Å². The molecular weight excluding hydrogens is 310 g/mol. The van der Waals surface area contributed by atoms with Crippen LogP contribution in [0.5, 0.6) is 0 Å². The lowest BCUT2D eigenvalue weighted by atomic mass is 9.95. The van der Waals surface area contributed by atoms with Crippen molar-refractivity contribution in [3.8, 4) is 0 Å². The van der Waals surface area contributed by atoms with Crippen molar-refractivity contribution in [2.24, 2.45) is 5.92 Å². The molecule has 2 aromatic rings. The Balaban J connectivity index is 1.57. The SMILES string of the molecule is CN(CCC(=O)O)C(=O)C1CCN(c2nc3ccccc3o2)CC1. The number of para-hydroxylation sites is 2. The van der Waals surface area contributed by atoms with Crippen LogP contribution in [0.3, 0.4) is 0 Å². The van der Waals surface area contributed by atoms with Gasteiger partial charge in [0.1, 0.15) is 5.52 Å². The molecule has 1 aliphatic rings. The van der Waals surface area contributed by atoms with E-state index in [1.54, 1.807) is 7.05 Å². The second kappa shape index (κ2) is 6.90. The van der Waals surface area contributed by atoms with Gasteiger partial charge in [-0.15, -0.1) is 0 Å². The van der Waals surface area contributed by atoms with Gasteiger partial charge in [-0.1, -0.05) is 12.1 Å². The zero-order valence-electron chi connectivity index (χ0n) is 13.6. The van der Waals surface area contributed by atoms with E-state index in [1.807, 2.05) is 24.3 Å². The summed E-state index contributed by atoms with van der Waals surface area (Å²) in [6.45, 7) is 1.66. The van der Waals surface area contributed by atoms with E-state index in [9.17, 15) is 9.59 Å². The fourth-order valence-electron chi connectivity index (χ4n) is 3.00. The summed E-state index contributed by atoms with van der Waals surface area (Å²) < 4.78 is 5.77. The first-order valence-electron chi connectivity index (χ1n) is 8.12. The predicted molar refractivity (Wildman–Crippen MR) is 88.8 cm³/mol. The van der Waals surface area contributed by atoms with Gasteiger partial charge < -0.3 is 19.3 Å². The molecule has 1 N–H and O–H groups in total. The molecule has 0 spiro atoms. The van der Waals surface area contributed by atoms with Gasteiger partial charge in [0.2, 0.25) is 5.91 Å². The lowest BCUT2D eigenvalue weighted by Gasteiger charge is -2.32. The number of rotatable bonds is 5. The fourth-order valence-corrected chi connectivity index (χ4v) is 3.00. The number of nitrogens with zero attached hydrogens (tertiary/aromatic N) is 3. The van der Waals surface area contributed by atoms with E-state index in [2.05, 4.69) is 9.88 Å². The van der Waals surface area contributed by atoms with Crippen molar-refractivity contribution in [2.45, 2.75) is 19.3 Å². The number of aliphatic carboxylic acids is 1. The molecule has 24 heavy (non-hydrogen) atoms. The standard InChI is InChI=1S/C17H21N3O4/c1-19(9-8-15(21)22)16(23)12-6-10-20(11-7-12)17-18-13-4-2-3-5-14(13)24-17/h2-5,12H,6-11H2,1H3,(H,21,22). The summed E-state index contributed by atoms with van der Waals surface area (Å²) in [5.74, 6) is -0.932. The first-order valence-corrected chi connectivity index (χ1v) is 8.12. The smallest absolute Gasteiger partial charge is 0.305 e. The van der Waals surface area contributed by atoms with Gasteiger partial charge >= 0.3 is 5.97 Å². The van der Waals surface area contributed by atoms with Gasteiger partial charge in [0.05, 0.1) is 6.42 Å². The zero-order valence-corrected chi connectivity index (χ0v) is 13.6. The van der Waals surface area contributed by atoms with Gasteiger partial charge in [-0.05, 0) is 25.0 Å². The topological polar surface area (TPSA) is 86.9 Å². The minimum absolute atomic E-state index is 0.0217. The van der Waals surface area contributed by atoms with Gasteiger partial charge in [0.15, 0.2) is 5.58 Å². The van der Waals surface area contributed by atoms with Crippen LogP contribution in [0.2, 0.25) is 0 Å². The molecule has 1 aromatic heterocycles. The minimum atomic E-state index is -0.888. The first kappa shape index (κ1) is 16.3. The first-order chi connectivity index (χ1) is 11.5. The van der Waals surface area contributed by atoms with Gasteiger partial charge in [0.25, 0.3) is 6.01 Å². The van der Waals surface area contributed by atoms with E-state index in [0.717, 1.165) is 23.9 Å². The Morgan fingerprint density at radius 3 is 2.71 bits per heavy atom. The second-order valence-corrected chi connectivity index (χ2v) is 6.13. The molecule has 0 bridgehead atoms. The van der Waals surface area contributed by atoms with E-state index < -0.39 is 5.97 Å². The van der Waals surface area contributed by atoms with Gasteiger partial charge in [0, 0.05) is 32.6 Å². The highest BCUT2D eigenvalue weighted by Crippen LogP contribution is 2.27. The maximum atomic E-state index is 12.4. The van der Waals surface area contributed by atoms with Crippen LogP contribution in [0, 0.1) is 5.92 Å². The molecule has 1 fully saturated rings. The molecule has 128 valence electrons. The molecule has 1 aliphatic heterocycles. The lowest BCUT2D eigenvalue weighted by Crippen LogP contribution is -2.41. The quantitative estimate of drug-likeness (QED) is 0.901. The molecular formula is C17H21N3O4. The van der Waals surface area contributed by atoms with Crippen LogP contribution >= 0.6 is 0 Å². The molecule has 0 aliphatic carbocycles. The Morgan fingerprint density at radius 1 is 1.33 bits per heavy atom. The molecule has 0 unspecified atom stereocenters.